The molecule has 8 atom stereocenters. The third-order valence-corrected chi connectivity index (χ3v) is 7.30. The Bertz CT molecular complexity index is 544. The second-order valence-electron chi connectivity index (χ2n) is 8.36. The minimum atomic E-state index is -0.623. The second kappa shape index (κ2) is 4.59. The van der Waals surface area contributed by atoms with Crippen molar-refractivity contribution in [2.75, 3.05) is 6.54 Å². The predicted octanol–water partition coefficient (Wildman–Crippen LogP) is 1.75. The van der Waals surface area contributed by atoms with E-state index in [9.17, 15) is 15.3 Å². The lowest BCUT2D eigenvalue weighted by Gasteiger charge is -2.58. The molecule has 0 radical (unpaired) electrons. The molecule has 0 aromatic carbocycles. The fraction of sp³-hybridized carbons (Fsp3) is 0.778. The summed E-state index contributed by atoms with van der Waals surface area (Å²) in [7, 11) is 0. The van der Waals surface area contributed by atoms with Gasteiger partial charge in [0, 0.05) is 23.4 Å². The summed E-state index contributed by atoms with van der Waals surface area (Å²) in [5.74, 6) is 1.60. The van der Waals surface area contributed by atoms with Crippen LogP contribution in [0.15, 0.2) is 24.0 Å². The van der Waals surface area contributed by atoms with Crippen molar-refractivity contribution in [3.05, 3.63) is 24.0 Å². The van der Waals surface area contributed by atoms with Gasteiger partial charge >= 0.3 is 0 Å². The van der Waals surface area contributed by atoms with E-state index in [1.165, 1.54) is 0 Å². The number of nitrogens with one attached hydrogen (secondary N) is 1. The number of aliphatic hydroxyl groups is 3. The van der Waals surface area contributed by atoms with Crippen molar-refractivity contribution in [2.24, 2.45) is 28.6 Å². The van der Waals surface area contributed by atoms with Gasteiger partial charge in [-0.3, -0.25) is 0 Å². The number of hydrogen-bond acceptors (Lipinski definition) is 4. The standard InChI is InChI=1S/C18H27NO3/c1-17-6-5-11(20)7-10(17)3-4-12-13-8-14(21)16(22)18(13,2)9-19-15(12)17/h5-7,10,12-16,19-22H,3-4,8-9H2,1-2H3/t10?,12-,13-,14?,15+,16?,17-,18-/m0/s1. The van der Waals surface area contributed by atoms with Crippen LogP contribution in [-0.4, -0.2) is 40.1 Å². The first-order chi connectivity index (χ1) is 10.4. The van der Waals surface area contributed by atoms with Gasteiger partial charge in [-0.15, -0.1) is 0 Å². The van der Waals surface area contributed by atoms with Crippen LogP contribution in [0.1, 0.15) is 33.1 Å². The van der Waals surface area contributed by atoms with Gasteiger partial charge in [0.05, 0.1) is 12.2 Å². The van der Waals surface area contributed by atoms with Crippen molar-refractivity contribution in [1.29, 1.82) is 0 Å². The van der Waals surface area contributed by atoms with Crippen LogP contribution in [-0.2, 0) is 0 Å². The molecule has 4 N–H and O–H groups in total. The third kappa shape index (κ3) is 1.75. The lowest BCUT2D eigenvalue weighted by molar-refractivity contribution is -0.0710. The average molecular weight is 305 g/mol. The summed E-state index contributed by atoms with van der Waals surface area (Å²) in [5, 5.41) is 34.1. The Morgan fingerprint density at radius 3 is 2.77 bits per heavy atom. The molecule has 4 rings (SSSR count). The van der Waals surface area contributed by atoms with Gasteiger partial charge in [0.1, 0.15) is 5.76 Å². The molecule has 1 heterocycles. The Morgan fingerprint density at radius 1 is 1.23 bits per heavy atom. The van der Waals surface area contributed by atoms with Crippen molar-refractivity contribution in [2.45, 2.75) is 51.4 Å². The highest BCUT2D eigenvalue weighted by Crippen LogP contribution is 2.58. The van der Waals surface area contributed by atoms with E-state index in [1.54, 1.807) is 0 Å². The molecule has 0 spiro atoms. The van der Waals surface area contributed by atoms with E-state index in [4.69, 9.17) is 0 Å². The summed E-state index contributed by atoms with van der Waals surface area (Å²) in [6.07, 6.45) is 7.65. The summed E-state index contributed by atoms with van der Waals surface area (Å²) >= 11 is 0. The first-order valence-corrected chi connectivity index (χ1v) is 8.56. The maximum absolute atomic E-state index is 10.4. The van der Waals surface area contributed by atoms with Gasteiger partial charge in [-0.2, -0.15) is 0 Å². The molecule has 22 heavy (non-hydrogen) atoms. The quantitative estimate of drug-likeness (QED) is 0.550. The molecule has 0 aromatic heterocycles. The normalized spacial score (nSPS) is 56.8. The molecular weight excluding hydrogens is 278 g/mol. The molecule has 3 aliphatic carbocycles. The zero-order valence-corrected chi connectivity index (χ0v) is 13.4. The van der Waals surface area contributed by atoms with Crippen LogP contribution < -0.4 is 5.32 Å². The van der Waals surface area contributed by atoms with Gasteiger partial charge in [0.15, 0.2) is 0 Å². The Balaban J connectivity index is 1.68. The topological polar surface area (TPSA) is 72.7 Å². The van der Waals surface area contributed by atoms with Crippen LogP contribution in [0, 0.1) is 28.6 Å². The van der Waals surface area contributed by atoms with E-state index in [0.29, 0.717) is 36.0 Å². The summed E-state index contributed by atoms with van der Waals surface area (Å²) in [6, 6.07) is 0.349. The fourth-order valence-corrected chi connectivity index (χ4v) is 5.91. The Morgan fingerprint density at radius 2 is 2.00 bits per heavy atom. The van der Waals surface area contributed by atoms with Crippen molar-refractivity contribution in [3.8, 4) is 0 Å². The van der Waals surface area contributed by atoms with Crippen LogP contribution in [0.25, 0.3) is 0 Å². The highest BCUT2D eigenvalue weighted by molar-refractivity contribution is 5.28. The number of allylic oxidation sites excluding steroid dienone is 2. The van der Waals surface area contributed by atoms with Crippen LogP contribution >= 0.6 is 0 Å². The number of aliphatic hydroxyl groups excluding tert-OH is 3. The number of piperidine rings is 1. The third-order valence-electron chi connectivity index (χ3n) is 7.30. The number of hydrogen-bond donors (Lipinski definition) is 4. The minimum absolute atomic E-state index is 0.00890. The lowest BCUT2D eigenvalue weighted by atomic mass is 9.52. The highest BCUT2D eigenvalue weighted by atomic mass is 16.3. The van der Waals surface area contributed by atoms with E-state index < -0.39 is 12.2 Å². The monoisotopic (exact) mass is 305 g/mol. The van der Waals surface area contributed by atoms with Crippen molar-refractivity contribution in [1.82, 2.24) is 5.32 Å². The van der Waals surface area contributed by atoms with Crippen LogP contribution in [0.4, 0.5) is 0 Å². The van der Waals surface area contributed by atoms with Crippen molar-refractivity contribution < 1.29 is 15.3 Å². The SMILES string of the molecule is C[C@]12C=CC(O)=CC1CC[C@@H]1[C@H]2NC[C@]2(C)C(O)C(O)C[C@@H]12. The van der Waals surface area contributed by atoms with Gasteiger partial charge in [-0.05, 0) is 49.2 Å². The van der Waals surface area contributed by atoms with E-state index >= 15 is 0 Å². The number of fused-ring (bicyclic) bond motifs is 5. The maximum Gasteiger partial charge on any atom is 0.111 e. The number of rotatable bonds is 0. The molecule has 1 aliphatic heterocycles. The Labute approximate surface area is 131 Å². The second-order valence-corrected chi connectivity index (χ2v) is 8.36. The molecular formula is C18H27NO3. The van der Waals surface area contributed by atoms with Crippen LogP contribution in [0.5, 0.6) is 0 Å². The van der Waals surface area contributed by atoms with E-state index in [2.05, 4.69) is 25.2 Å². The largest absolute Gasteiger partial charge is 0.508 e. The lowest BCUT2D eigenvalue weighted by Crippen LogP contribution is -2.64. The predicted molar refractivity (Wildman–Crippen MR) is 84.2 cm³/mol. The molecule has 3 fully saturated rings. The van der Waals surface area contributed by atoms with E-state index in [1.807, 2.05) is 12.2 Å². The van der Waals surface area contributed by atoms with Gasteiger partial charge in [-0.1, -0.05) is 19.9 Å². The van der Waals surface area contributed by atoms with Crippen LogP contribution in [0.2, 0.25) is 0 Å². The zero-order valence-electron chi connectivity index (χ0n) is 13.4. The van der Waals surface area contributed by atoms with Crippen LogP contribution in [0.3, 0.4) is 0 Å². The molecule has 2 saturated carbocycles. The van der Waals surface area contributed by atoms with E-state index in [0.717, 1.165) is 19.4 Å². The fourth-order valence-electron chi connectivity index (χ4n) is 5.91. The summed E-state index contributed by atoms with van der Waals surface area (Å²) in [5.41, 5.74) is -0.213. The molecule has 4 nitrogen and oxygen atoms in total. The average Bonchev–Trinajstić information content (AvgIpc) is 2.72. The van der Waals surface area contributed by atoms with Gasteiger partial charge in [-0.25, -0.2) is 0 Å². The highest BCUT2D eigenvalue weighted by Gasteiger charge is 2.61. The summed E-state index contributed by atoms with van der Waals surface area (Å²) < 4.78 is 0. The Kier molecular flexibility index (Phi) is 3.07. The van der Waals surface area contributed by atoms with Crippen molar-refractivity contribution in [3.63, 3.8) is 0 Å². The van der Waals surface area contributed by atoms with Gasteiger partial charge in [0.2, 0.25) is 0 Å². The molecule has 4 aliphatic rings. The molecule has 0 bridgehead atoms. The smallest absolute Gasteiger partial charge is 0.111 e. The molecule has 4 heteroatoms. The Hall–Kier alpha value is -0.840. The molecule has 122 valence electrons. The first-order valence-electron chi connectivity index (χ1n) is 8.56. The summed E-state index contributed by atoms with van der Waals surface area (Å²) in [6.45, 7) is 5.16. The molecule has 0 aromatic rings. The summed E-state index contributed by atoms with van der Waals surface area (Å²) in [4.78, 5) is 0. The molecule has 1 saturated heterocycles. The molecule has 0 amide bonds. The minimum Gasteiger partial charge on any atom is -0.508 e. The molecule has 3 unspecified atom stereocenters. The van der Waals surface area contributed by atoms with Gasteiger partial charge in [0.25, 0.3) is 0 Å². The first kappa shape index (κ1) is 14.7. The van der Waals surface area contributed by atoms with Crippen molar-refractivity contribution >= 4 is 0 Å². The van der Waals surface area contributed by atoms with Gasteiger partial charge < -0.3 is 20.6 Å². The van der Waals surface area contributed by atoms with E-state index in [-0.39, 0.29) is 10.8 Å². The maximum atomic E-state index is 10.4. The zero-order chi connectivity index (χ0) is 15.7.